The molecule has 1 amide bonds. The molecule has 0 saturated heterocycles. The Labute approximate surface area is 113 Å². The Morgan fingerprint density at radius 2 is 1.68 bits per heavy atom. The second-order valence-electron chi connectivity index (χ2n) is 4.90. The SMILES string of the molecule is COc1cc(CCC(C)(C)OC(N)=O)cc(OC)c1. The van der Waals surface area contributed by atoms with Crippen molar-refractivity contribution in [3.63, 3.8) is 0 Å². The van der Waals surface area contributed by atoms with Gasteiger partial charge in [-0.3, -0.25) is 0 Å². The largest absolute Gasteiger partial charge is 0.497 e. The highest BCUT2D eigenvalue weighted by Crippen LogP contribution is 2.25. The van der Waals surface area contributed by atoms with E-state index in [1.807, 2.05) is 32.0 Å². The van der Waals surface area contributed by atoms with Crippen LogP contribution in [0.5, 0.6) is 11.5 Å². The Hall–Kier alpha value is -1.91. The smallest absolute Gasteiger partial charge is 0.405 e. The number of hydrogen-bond acceptors (Lipinski definition) is 4. The van der Waals surface area contributed by atoms with E-state index in [0.717, 1.165) is 23.5 Å². The first-order valence-electron chi connectivity index (χ1n) is 6.06. The third kappa shape index (κ3) is 5.07. The van der Waals surface area contributed by atoms with Crippen LogP contribution >= 0.6 is 0 Å². The van der Waals surface area contributed by atoms with Gasteiger partial charge < -0.3 is 19.9 Å². The van der Waals surface area contributed by atoms with Gasteiger partial charge >= 0.3 is 6.09 Å². The predicted molar refractivity (Wildman–Crippen MR) is 72.6 cm³/mol. The summed E-state index contributed by atoms with van der Waals surface area (Å²) in [5.41, 5.74) is 5.50. The molecule has 19 heavy (non-hydrogen) atoms. The summed E-state index contributed by atoms with van der Waals surface area (Å²) in [5.74, 6) is 1.48. The minimum Gasteiger partial charge on any atom is -0.497 e. The van der Waals surface area contributed by atoms with Crippen molar-refractivity contribution in [2.75, 3.05) is 14.2 Å². The molecule has 1 aromatic rings. The van der Waals surface area contributed by atoms with Crippen LogP contribution < -0.4 is 15.2 Å². The highest BCUT2D eigenvalue weighted by atomic mass is 16.6. The number of rotatable bonds is 6. The van der Waals surface area contributed by atoms with Gasteiger partial charge in [0.05, 0.1) is 14.2 Å². The van der Waals surface area contributed by atoms with Crippen molar-refractivity contribution in [3.8, 4) is 11.5 Å². The van der Waals surface area contributed by atoms with Gasteiger partial charge in [0.25, 0.3) is 0 Å². The molecular formula is C14H21NO4. The molecule has 5 nitrogen and oxygen atoms in total. The summed E-state index contributed by atoms with van der Waals surface area (Å²) in [7, 11) is 3.22. The van der Waals surface area contributed by atoms with Crippen LogP contribution in [0.2, 0.25) is 0 Å². The summed E-state index contributed by atoms with van der Waals surface area (Å²) in [6, 6.07) is 5.68. The first kappa shape index (κ1) is 15.1. The van der Waals surface area contributed by atoms with Crippen LogP contribution in [-0.4, -0.2) is 25.9 Å². The fraction of sp³-hybridized carbons (Fsp3) is 0.500. The number of benzene rings is 1. The van der Waals surface area contributed by atoms with Crippen molar-refractivity contribution in [2.24, 2.45) is 5.73 Å². The van der Waals surface area contributed by atoms with E-state index in [1.54, 1.807) is 14.2 Å². The maximum absolute atomic E-state index is 10.8. The van der Waals surface area contributed by atoms with Crippen molar-refractivity contribution < 1.29 is 19.0 Å². The summed E-state index contributed by atoms with van der Waals surface area (Å²) in [6.07, 6.45) is 0.633. The van der Waals surface area contributed by atoms with Crippen LogP contribution in [0.15, 0.2) is 18.2 Å². The Bertz CT molecular complexity index is 421. The monoisotopic (exact) mass is 267 g/mol. The number of nitrogens with two attached hydrogens (primary N) is 1. The molecule has 0 fully saturated rings. The van der Waals surface area contributed by atoms with Gasteiger partial charge in [0.1, 0.15) is 17.1 Å². The van der Waals surface area contributed by atoms with Gasteiger partial charge in [-0.25, -0.2) is 4.79 Å². The Morgan fingerprint density at radius 3 is 2.11 bits per heavy atom. The molecule has 0 heterocycles. The number of ether oxygens (including phenoxy) is 3. The van der Waals surface area contributed by atoms with E-state index in [2.05, 4.69) is 0 Å². The maximum atomic E-state index is 10.8. The molecule has 2 N–H and O–H groups in total. The molecule has 0 radical (unpaired) electrons. The van der Waals surface area contributed by atoms with E-state index in [4.69, 9.17) is 19.9 Å². The topological polar surface area (TPSA) is 70.8 Å². The number of hydrogen-bond donors (Lipinski definition) is 1. The van der Waals surface area contributed by atoms with Crippen molar-refractivity contribution in [1.82, 2.24) is 0 Å². The lowest BCUT2D eigenvalue weighted by Crippen LogP contribution is -2.31. The van der Waals surface area contributed by atoms with E-state index in [9.17, 15) is 4.79 Å². The first-order chi connectivity index (χ1) is 8.86. The molecule has 0 saturated carbocycles. The molecular weight excluding hydrogens is 246 g/mol. The number of carbonyl (C=O) groups excluding carboxylic acids is 1. The lowest BCUT2D eigenvalue weighted by Gasteiger charge is -2.24. The van der Waals surface area contributed by atoms with E-state index in [0.29, 0.717) is 6.42 Å². The van der Waals surface area contributed by atoms with Crippen molar-refractivity contribution in [1.29, 1.82) is 0 Å². The average Bonchev–Trinajstić information content (AvgIpc) is 2.34. The quantitative estimate of drug-likeness (QED) is 0.859. The lowest BCUT2D eigenvalue weighted by molar-refractivity contribution is 0.0394. The summed E-state index contributed by atoms with van der Waals surface area (Å²) in [5, 5.41) is 0. The molecule has 0 aliphatic heterocycles. The molecule has 5 heteroatoms. The van der Waals surface area contributed by atoms with Gasteiger partial charge in [-0.15, -0.1) is 0 Å². The van der Waals surface area contributed by atoms with Crippen molar-refractivity contribution in [3.05, 3.63) is 23.8 Å². The maximum Gasteiger partial charge on any atom is 0.405 e. The third-order valence-electron chi connectivity index (χ3n) is 2.80. The van der Waals surface area contributed by atoms with E-state index < -0.39 is 11.7 Å². The summed E-state index contributed by atoms with van der Waals surface area (Å²) in [4.78, 5) is 10.8. The molecule has 0 aliphatic rings. The number of methoxy groups -OCH3 is 2. The summed E-state index contributed by atoms with van der Waals surface area (Å²) >= 11 is 0. The molecule has 0 bridgehead atoms. The van der Waals surface area contributed by atoms with Crippen LogP contribution in [-0.2, 0) is 11.2 Å². The minimum atomic E-state index is -0.756. The minimum absolute atomic E-state index is 0.595. The third-order valence-corrected chi connectivity index (χ3v) is 2.80. The Kier molecular flexibility index (Phi) is 5.03. The van der Waals surface area contributed by atoms with Gasteiger partial charge in [-0.1, -0.05) is 0 Å². The predicted octanol–water partition coefficient (Wildman–Crippen LogP) is 2.51. The molecule has 0 atom stereocenters. The molecule has 1 aromatic carbocycles. The molecule has 0 aromatic heterocycles. The van der Waals surface area contributed by atoms with Crippen LogP contribution in [0.3, 0.4) is 0 Å². The Morgan fingerprint density at radius 1 is 1.16 bits per heavy atom. The van der Waals surface area contributed by atoms with Crippen LogP contribution in [0, 0.1) is 0 Å². The van der Waals surface area contributed by atoms with E-state index in [1.165, 1.54) is 0 Å². The van der Waals surface area contributed by atoms with Gasteiger partial charge in [0, 0.05) is 6.07 Å². The van der Waals surface area contributed by atoms with Crippen LogP contribution in [0.1, 0.15) is 25.8 Å². The van der Waals surface area contributed by atoms with Crippen LogP contribution in [0.25, 0.3) is 0 Å². The van der Waals surface area contributed by atoms with Gasteiger partial charge in [0.15, 0.2) is 0 Å². The zero-order valence-electron chi connectivity index (χ0n) is 11.9. The zero-order chi connectivity index (χ0) is 14.5. The fourth-order valence-electron chi connectivity index (χ4n) is 1.78. The second kappa shape index (κ2) is 6.31. The summed E-state index contributed by atoms with van der Waals surface area (Å²) < 4.78 is 15.5. The zero-order valence-corrected chi connectivity index (χ0v) is 11.9. The normalized spacial score (nSPS) is 10.9. The summed E-state index contributed by atoms with van der Waals surface area (Å²) in [6.45, 7) is 3.66. The number of carbonyl (C=O) groups is 1. The molecule has 1 rings (SSSR count). The molecule has 0 unspecified atom stereocenters. The van der Waals surface area contributed by atoms with Crippen molar-refractivity contribution in [2.45, 2.75) is 32.3 Å². The number of primary amides is 1. The van der Waals surface area contributed by atoms with E-state index in [-0.39, 0.29) is 0 Å². The number of aryl methyl sites for hydroxylation is 1. The highest BCUT2D eigenvalue weighted by Gasteiger charge is 2.21. The average molecular weight is 267 g/mol. The molecule has 0 spiro atoms. The molecule has 106 valence electrons. The molecule has 0 aliphatic carbocycles. The lowest BCUT2D eigenvalue weighted by atomic mass is 9.98. The first-order valence-corrected chi connectivity index (χ1v) is 6.06. The number of amides is 1. The standard InChI is InChI=1S/C14H21NO4/c1-14(2,19-13(15)16)6-5-10-7-11(17-3)9-12(8-10)18-4/h7-9H,5-6H2,1-4H3,(H2,15,16). The van der Waals surface area contributed by atoms with Gasteiger partial charge in [0.2, 0.25) is 0 Å². The Balaban J connectivity index is 2.74. The van der Waals surface area contributed by atoms with Gasteiger partial charge in [-0.05, 0) is 44.4 Å². The second-order valence-corrected chi connectivity index (χ2v) is 4.90. The fourth-order valence-corrected chi connectivity index (χ4v) is 1.78. The van der Waals surface area contributed by atoms with E-state index >= 15 is 0 Å². The van der Waals surface area contributed by atoms with Crippen LogP contribution in [0.4, 0.5) is 4.79 Å². The van der Waals surface area contributed by atoms with Crippen molar-refractivity contribution >= 4 is 6.09 Å². The highest BCUT2D eigenvalue weighted by molar-refractivity contribution is 5.65. The van der Waals surface area contributed by atoms with Gasteiger partial charge in [-0.2, -0.15) is 0 Å².